The number of nitrogens with zero attached hydrogens (tertiary/aromatic N) is 1. The van der Waals surface area contributed by atoms with Gasteiger partial charge in [0.1, 0.15) is 18.1 Å². The van der Waals surface area contributed by atoms with Crippen molar-refractivity contribution in [1.82, 2.24) is 10.6 Å². The Bertz CT molecular complexity index is 660. The molecule has 0 aromatic heterocycles. The highest BCUT2D eigenvalue weighted by molar-refractivity contribution is 6.30. The largest absolute Gasteiger partial charge is 0.496 e. The number of halogens is 1. The summed E-state index contributed by atoms with van der Waals surface area (Å²) in [5.41, 5.74) is 1.07. The number of nitrogens with one attached hydrogen (secondary N) is 2. The van der Waals surface area contributed by atoms with Gasteiger partial charge in [-0.25, -0.2) is 0 Å². The molecule has 5 nitrogen and oxygen atoms in total. The third kappa shape index (κ3) is 5.66. The summed E-state index contributed by atoms with van der Waals surface area (Å²) in [5, 5.41) is 7.15. The van der Waals surface area contributed by atoms with Gasteiger partial charge in [-0.2, -0.15) is 0 Å². The fourth-order valence-corrected chi connectivity index (χ4v) is 2.24. The molecular weight excluding hydrogens is 326 g/mol. The van der Waals surface area contributed by atoms with Crippen LogP contribution in [-0.2, 0) is 6.54 Å². The highest BCUT2D eigenvalue weighted by Gasteiger charge is 2.03. The number of para-hydroxylation sites is 1. The Kier molecular flexibility index (Phi) is 7.23. The van der Waals surface area contributed by atoms with Crippen molar-refractivity contribution >= 4 is 17.6 Å². The van der Waals surface area contributed by atoms with E-state index in [2.05, 4.69) is 15.6 Å². The molecule has 2 aromatic carbocycles. The van der Waals surface area contributed by atoms with Gasteiger partial charge in [-0.3, -0.25) is 4.99 Å². The zero-order chi connectivity index (χ0) is 17.2. The summed E-state index contributed by atoms with van der Waals surface area (Å²) in [5.74, 6) is 2.35. The van der Waals surface area contributed by atoms with Gasteiger partial charge in [0.05, 0.1) is 13.7 Å². The van der Waals surface area contributed by atoms with E-state index in [1.165, 1.54) is 0 Å². The summed E-state index contributed by atoms with van der Waals surface area (Å²) in [6, 6.07) is 15.2. The molecule has 0 radical (unpaired) electrons. The maximum absolute atomic E-state index is 5.84. The van der Waals surface area contributed by atoms with E-state index < -0.39 is 0 Å². The minimum Gasteiger partial charge on any atom is -0.496 e. The summed E-state index contributed by atoms with van der Waals surface area (Å²) < 4.78 is 11.0. The molecule has 6 heteroatoms. The molecule has 0 saturated carbocycles. The summed E-state index contributed by atoms with van der Waals surface area (Å²) in [6.45, 7) is 1.78. The van der Waals surface area contributed by atoms with Crippen molar-refractivity contribution in [1.29, 1.82) is 0 Å². The molecule has 24 heavy (non-hydrogen) atoms. The van der Waals surface area contributed by atoms with Crippen molar-refractivity contribution < 1.29 is 9.47 Å². The summed E-state index contributed by atoms with van der Waals surface area (Å²) >= 11 is 5.84. The van der Waals surface area contributed by atoms with E-state index >= 15 is 0 Å². The molecule has 0 unspecified atom stereocenters. The van der Waals surface area contributed by atoms with Gasteiger partial charge in [0.25, 0.3) is 0 Å². The van der Waals surface area contributed by atoms with Crippen molar-refractivity contribution in [3.05, 3.63) is 59.1 Å². The first-order chi connectivity index (χ1) is 11.7. The van der Waals surface area contributed by atoms with Crippen LogP contribution < -0.4 is 20.1 Å². The smallest absolute Gasteiger partial charge is 0.191 e. The molecule has 0 fully saturated rings. The first kappa shape index (κ1) is 17.9. The van der Waals surface area contributed by atoms with E-state index in [0.29, 0.717) is 30.7 Å². The number of hydrogen-bond acceptors (Lipinski definition) is 3. The van der Waals surface area contributed by atoms with E-state index in [9.17, 15) is 0 Å². The first-order valence-corrected chi connectivity index (χ1v) is 8.05. The lowest BCUT2D eigenvalue weighted by molar-refractivity contribution is 0.322. The molecule has 0 saturated heterocycles. The van der Waals surface area contributed by atoms with Gasteiger partial charge in [0.15, 0.2) is 5.96 Å². The minimum absolute atomic E-state index is 0.525. The number of guanidine groups is 1. The number of ether oxygens (including phenoxy) is 2. The van der Waals surface area contributed by atoms with Crippen LogP contribution >= 0.6 is 11.6 Å². The Morgan fingerprint density at radius 1 is 1.08 bits per heavy atom. The van der Waals surface area contributed by atoms with Crippen LogP contribution in [0.1, 0.15) is 5.56 Å². The van der Waals surface area contributed by atoms with E-state index in [-0.39, 0.29) is 0 Å². The average molecular weight is 348 g/mol. The standard InChI is InChI=1S/C18H22ClN3O2/c1-20-18(22-13-14-5-3-4-6-17(14)23-2)21-11-12-24-16-9-7-15(19)8-10-16/h3-10H,11-13H2,1-2H3,(H2,20,21,22). The number of methoxy groups -OCH3 is 1. The van der Waals surface area contributed by atoms with Gasteiger partial charge < -0.3 is 20.1 Å². The molecule has 0 atom stereocenters. The molecule has 2 N–H and O–H groups in total. The van der Waals surface area contributed by atoms with Crippen LogP contribution in [0.25, 0.3) is 0 Å². The maximum atomic E-state index is 5.84. The summed E-state index contributed by atoms with van der Waals surface area (Å²) in [4.78, 5) is 4.20. The Morgan fingerprint density at radius 3 is 2.54 bits per heavy atom. The SMILES string of the molecule is CN=C(NCCOc1ccc(Cl)cc1)NCc1ccccc1OC. The van der Waals surface area contributed by atoms with Crippen LogP contribution in [-0.4, -0.2) is 33.3 Å². The Labute approximate surface area is 147 Å². The lowest BCUT2D eigenvalue weighted by atomic mass is 10.2. The number of rotatable bonds is 7. The van der Waals surface area contributed by atoms with Gasteiger partial charge in [0.2, 0.25) is 0 Å². The van der Waals surface area contributed by atoms with Crippen LogP contribution in [0, 0.1) is 0 Å². The highest BCUT2D eigenvalue weighted by Crippen LogP contribution is 2.16. The predicted octanol–water partition coefficient (Wildman–Crippen LogP) is 3.09. The molecule has 0 aliphatic heterocycles. The van der Waals surface area contributed by atoms with Crippen LogP contribution in [0.2, 0.25) is 5.02 Å². The Morgan fingerprint density at radius 2 is 1.83 bits per heavy atom. The molecule has 0 bridgehead atoms. The quantitative estimate of drug-likeness (QED) is 0.459. The molecule has 0 amide bonds. The molecule has 0 aliphatic rings. The van der Waals surface area contributed by atoms with Crippen LogP contribution in [0.3, 0.4) is 0 Å². The van der Waals surface area contributed by atoms with Crippen LogP contribution in [0.15, 0.2) is 53.5 Å². The zero-order valence-electron chi connectivity index (χ0n) is 13.9. The Hall–Kier alpha value is -2.40. The van der Waals surface area contributed by atoms with Crippen LogP contribution in [0.5, 0.6) is 11.5 Å². The second kappa shape index (κ2) is 9.67. The van der Waals surface area contributed by atoms with Crippen molar-refractivity contribution in [2.24, 2.45) is 4.99 Å². The summed E-state index contributed by atoms with van der Waals surface area (Å²) in [7, 11) is 3.40. The van der Waals surface area contributed by atoms with E-state index in [1.54, 1.807) is 26.3 Å². The van der Waals surface area contributed by atoms with Crippen LogP contribution in [0.4, 0.5) is 0 Å². The van der Waals surface area contributed by atoms with Crippen molar-refractivity contribution in [3.63, 3.8) is 0 Å². The second-order valence-corrected chi connectivity index (χ2v) is 5.40. The monoisotopic (exact) mass is 347 g/mol. The van der Waals surface area contributed by atoms with E-state index in [1.807, 2.05) is 36.4 Å². The fraction of sp³-hybridized carbons (Fsp3) is 0.278. The molecule has 2 aromatic rings. The zero-order valence-corrected chi connectivity index (χ0v) is 14.6. The van der Waals surface area contributed by atoms with Gasteiger partial charge in [-0.05, 0) is 30.3 Å². The fourth-order valence-electron chi connectivity index (χ4n) is 2.12. The maximum Gasteiger partial charge on any atom is 0.191 e. The van der Waals surface area contributed by atoms with Crippen molar-refractivity contribution in [2.75, 3.05) is 27.3 Å². The number of hydrogen-bond donors (Lipinski definition) is 2. The molecule has 0 aliphatic carbocycles. The highest BCUT2D eigenvalue weighted by atomic mass is 35.5. The summed E-state index contributed by atoms with van der Waals surface area (Å²) in [6.07, 6.45) is 0. The third-order valence-electron chi connectivity index (χ3n) is 3.34. The van der Waals surface area contributed by atoms with Gasteiger partial charge >= 0.3 is 0 Å². The van der Waals surface area contributed by atoms with Crippen molar-refractivity contribution in [2.45, 2.75) is 6.54 Å². The molecular formula is C18H22ClN3O2. The molecule has 2 rings (SSSR count). The minimum atomic E-state index is 0.525. The van der Waals surface area contributed by atoms with Gasteiger partial charge in [0, 0.05) is 24.2 Å². The van der Waals surface area contributed by atoms with E-state index in [0.717, 1.165) is 17.1 Å². The Balaban J connectivity index is 1.73. The average Bonchev–Trinajstić information content (AvgIpc) is 2.63. The van der Waals surface area contributed by atoms with Gasteiger partial charge in [-0.1, -0.05) is 29.8 Å². The molecule has 128 valence electrons. The van der Waals surface area contributed by atoms with Gasteiger partial charge in [-0.15, -0.1) is 0 Å². The normalized spacial score (nSPS) is 11.0. The third-order valence-corrected chi connectivity index (χ3v) is 3.59. The topological polar surface area (TPSA) is 54.9 Å². The molecule has 0 spiro atoms. The second-order valence-electron chi connectivity index (χ2n) is 4.97. The lowest BCUT2D eigenvalue weighted by Crippen LogP contribution is -2.38. The first-order valence-electron chi connectivity index (χ1n) is 7.67. The number of benzene rings is 2. The van der Waals surface area contributed by atoms with Crippen molar-refractivity contribution in [3.8, 4) is 11.5 Å². The van der Waals surface area contributed by atoms with E-state index in [4.69, 9.17) is 21.1 Å². The predicted molar refractivity (Wildman–Crippen MR) is 98.1 cm³/mol. The lowest BCUT2D eigenvalue weighted by Gasteiger charge is -2.14. The molecule has 0 heterocycles. The number of aliphatic imine (C=N–C) groups is 1.